The van der Waals surface area contributed by atoms with Gasteiger partial charge in [-0.25, -0.2) is 0 Å². The molecule has 1 unspecified atom stereocenters. The van der Waals surface area contributed by atoms with Crippen LogP contribution in [-0.4, -0.2) is 25.2 Å². The molecule has 4 nitrogen and oxygen atoms in total. The third kappa shape index (κ3) is 23.3. The fraction of sp³-hybridized carbons (Fsp3) is 0.857. The van der Waals surface area contributed by atoms with E-state index in [9.17, 15) is 9.59 Å². The van der Waals surface area contributed by atoms with E-state index in [0.717, 1.165) is 32.1 Å². The predicted octanol–water partition coefficient (Wildman–Crippen LogP) is 8.33. The lowest BCUT2D eigenvalue weighted by Crippen LogP contribution is -2.09. The first-order chi connectivity index (χ1) is 15.5. The van der Waals surface area contributed by atoms with Gasteiger partial charge in [-0.05, 0) is 58.3 Å². The average Bonchev–Trinajstić information content (AvgIpc) is 2.75. The minimum Gasteiger partial charge on any atom is -0.466 e. The third-order valence-corrected chi connectivity index (χ3v) is 5.86. The summed E-state index contributed by atoms with van der Waals surface area (Å²) in [6.07, 6.45) is 20.3. The monoisotopic (exact) mass is 452 g/mol. The number of hydrogen-bond donors (Lipinski definition) is 0. The Bertz CT molecular complexity index is 480. The van der Waals surface area contributed by atoms with Crippen molar-refractivity contribution in [3.05, 3.63) is 11.6 Å². The molecule has 32 heavy (non-hydrogen) atoms. The van der Waals surface area contributed by atoms with Crippen LogP contribution in [-0.2, 0) is 19.1 Å². The summed E-state index contributed by atoms with van der Waals surface area (Å²) in [5.74, 6) is 0.267. The number of esters is 2. The maximum Gasteiger partial charge on any atom is 0.305 e. The summed E-state index contributed by atoms with van der Waals surface area (Å²) >= 11 is 0. The summed E-state index contributed by atoms with van der Waals surface area (Å²) in [6, 6.07) is 0. The van der Waals surface area contributed by atoms with Gasteiger partial charge in [0.25, 0.3) is 0 Å². The van der Waals surface area contributed by atoms with E-state index in [1.807, 2.05) is 0 Å². The van der Waals surface area contributed by atoms with Crippen LogP contribution in [0.4, 0.5) is 0 Å². The van der Waals surface area contributed by atoms with Gasteiger partial charge in [0.1, 0.15) is 0 Å². The van der Waals surface area contributed by atoms with Crippen LogP contribution in [0.1, 0.15) is 137 Å². The molecule has 0 aromatic carbocycles. The molecular weight excluding hydrogens is 400 g/mol. The highest BCUT2D eigenvalue weighted by Gasteiger charge is 2.08. The highest BCUT2D eigenvalue weighted by Crippen LogP contribution is 2.13. The van der Waals surface area contributed by atoms with Crippen LogP contribution in [0.25, 0.3) is 0 Å². The zero-order valence-corrected chi connectivity index (χ0v) is 21.7. The molecule has 4 heteroatoms. The van der Waals surface area contributed by atoms with Gasteiger partial charge in [-0.15, -0.1) is 0 Å². The Hall–Kier alpha value is -1.32. The van der Waals surface area contributed by atoms with Crippen molar-refractivity contribution in [1.82, 2.24) is 0 Å². The van der Waals surface area contributed by atoms with E-state index in [1.165, 1.54) is 56.9 Å². The molecule has 0 aliphatic heterocycles. The molecule has 0 fully saturated rings. The Kier molecular flexibility index (Phi) is 21.9. The summed E-state index contributed by atoms with van der Waals surface area (Å²) in [5.41, 5.74) is 1.35. The van der Waals surface area contributed by atoms with Crippen molar-refractivity contribution in [2.24, 2.45) is 5.92 Å². The summed E-state index contributed by atoms with van der Waals surface area (Å²) in [5, 5.41) is 0. The number of hydrogen-bond acceptors (Lipinski definition) is 4. The molecule has 0 aliphatic carbocycles. The number of carbonyl (C=O) groups excluding carboxylic acids is 2. The smallest absolute Gasteiger partial charge is 0.305 e. The standard InChI is InChI=1S/C28H52O4/c1-5-6-7-8-9-10-11-12-13-16-23-31-27(29)20-14-15-21-28(30)32-24-22-26(4)19-17-18-25(2)3/h18,26H,5-17,19-24H2,1-4H3. The van der Waals surface area contributed by atoms with Gasteiger partial charge in [0, 0.05) is 12.8 Å². The van der Waals surface area contributed by atoms with Gasteiger partial charge in [0.15, 0.2) is 0 Å². The highest BCUT2D eigenvalue weighted by molar-refractivity contribution is 5.70. The summed E-state index contributed by atoms with van der Waals surface area (Å²) in [4.78, 5) is 23.6. The predicted molar refractivity (Wildman–Crippen MR) is 135 cm³/mol. The van der Waals surface area contributed by atoms with Gasteiger partial charge < -0.3 is 9.47 Å². The van der Waals surface area contributed by atoms with Gasteiger partial charge in [0.2, 0.25) is 0 Å². The second kappa shape index (κ2) is 22.9. The van der Waals surface area contributed by atoms with Gasteiger partial charge in [-0.2, -0.15) is 0 Å². The largest absolute Gasteiger partial charge is 0.466 e. The Morgan fingerprint density at radius 1 is 0.688 bits per heavy atom. The lowest BCUT2D eigenvalue weighted by molar-refractivity contribution is -0.146. The van der Waals surface area contributed by atoms with E-state index in [2.05, 4.69) is 33.8 Å². The van der Waals surface area contributed by atoms with Gasteiger partial charge >= 0.3 is 11.9 Å². The lowest BCUT2D eigenvalue weighted by atomic mass is 10.0. The molecule has 0 aliphatic rings. The summed E-state index contributed by atoms with van der Waals surface area (Å²) < 4.78 is 10.6. The molecule has 0 bridgehead atoms. The summed E-state index contributed by atoms with van der Waals surface area (Å²) in [6.45, 7) is 9.71. The number of ether oxygens (including phenoxy) is 2. The first-order valence-electron chi connectivity index (χ1n) is 13.4. The minimum atomic E-state index is -0.153. The molecule has 1 atom stereocenters. The number of rotatable bonds is 22. The van der Waals surface area contributed by atoms with Crippen molar-refractivity contribution >= 4 is 11.9 Å². The second-order valence-corrected chi connectivity index (χ2v) is 9.58. The van der Waals surface area contributed by atoms with Crippen LogP contribution in [0.3, 0.4) is 0 Å². The first kappa shape index (κ1) is 30.7. The fourth-order valence-electron chi connectivity index (χ4n) is 3.63. The average molecular weight is 453 g/mol. The zero-order valence-electron chi connectivity index (χ0n) is 21.7. The van der Waals surface area contributed by atoms with Crippen LogP contribution < -0.4 is 0 Å². The van der Waals surface area contributed by atoms with Crippen molar-refractivity contribution in [2.45, 2.75) is 137 Å². The van der Waals surface area contributed by atoms with Crippen LogP contribution in [0.2, 0.25) is 0 Å². The molecule has 0 saturated carbocycles. The van der Waals surface area contributed by atoms with Crippen molar-refractivity contribution in [1.29, 1.82) is 0 Å². The highest BCUT2D eigenvalue weighted by atomic mass is 16.5. The van der Waals surface area contributed by atoms with Gasteiger partial charge in [0.05, 0.1) is 13.2 Å². The Balaban J connectivity index is 3.42. The fourth-order valence-corrected chi connectivity index (χ4v) is 3.63. The number of unbranched alkanes of at least 4 members (excludes halogenated alkanes) is 10. The normalized spacial score (nSPS) is 11.8. The Labute approximate surface area is 198 Å². The topological polar surface area (TPSA) is 52.6 Å². The van der Waals surface area contributed by atoms with Crippen LogP contribution in [0.15, 0.2) is 11.6 Å². The second-order valence-electron chi connectivity index (χ2n) is 9.58. The Morgan fingerprint density at radius 2 is 1.19 bits per heavy atom. The molecule has 0 spiro atoms. The maximum atomic E-state index is 11.8. The number of carbonyl (C=O) groups is 2. The molecule has 0 rings (SSSR count). The van der Waals surface area contributed by atoms with E-state index in [-0.39, 0.29) is 11.9 Å². The van der Waals surface area contributed by atoms with Crippen LogP contribution in [0.5, 0.6) is 0 Å². The molecule has 0 N–H and O–H groups in total. The Morgan fingerprint density at radius 3 is 1.72 bits per heavy atom. The molecule has 0 saturated heterocycles. The maximum absolute atomic E-state index is 11.8. The molecular formula is C28H52O4. The van der Waals surface area contributed by atoms with Crippen molar-refractivity contribution in [3.63, 3.8) is 0 Å². The van der Waals surface area contributed by atoms with E-state index in [1.54, 1.807) is 0 Å². The number of allylic oxidation sites excluding steroid dienone is 2. The van der Waals surface area contributed by atoms with Crippen molar-refractivity contribution < 1.29 is 19.1 Å². The van der Waals surface area contributed by atoms with E-state index in [4.69, 9.17) is 9.47 Å². The van der Waals surface area contributed by atoms with Crippen molar-refractivity contribution in [2.75, 3.05) is 13.2 Å². The SMILES string of the molecule is CCCCCCCCCCCCOC(=O)CCCCC(=O)OCCC(C)CCC=C(C)C. The van der Waals surface area contributed by atoms with Crippen LogP contribution >= 0.6 is 0 Å². The molecule has 0 aromatic heterocycles. The van der Waals surface area contributed by atoms with Crippen LogP contribution in [0, 0.1) is 5.92 Å². The van der Waals surface area contributed by atoms with Gasteiger partial charge in [-0.3, -0.25) is 9.59 Å². The first-order valence-corrected chi connectivity index (χ1v) is 13.4. The van der Waals surface area contributed by atoms with E-state index >= 15 is 0 Å². The molecule has 0 amide bonds. The molecule has 0 aromatic rings. The van der Waals surface area contributed by atoms with Gasteiger partial charge in [-0.1, -0.05) is 83.3 Å². The van der Waals surface area contributed by atoms with E-state index < -0.39 is 0 Å². The molecule has 0 heterocycles. The lowest BCUT2D eigenvalue weighted by Gasteiger charge is -2.10. The zero-order chi connectivity index (χ0) is 23.9. The van der Waals surface area contributed by atoms with E-state index in [0.29, 0.717) is 44.8 Å². The minimum absolute atomic E-state index is 0.139. The van der Waals surface area contributed by atoms with Crippen molar-refractivity contribution in [3.8, 4) is 0 Å². The molecule has 188 valence electrons. The summed E-state index contributed by atoms with van der Waals surface area (Å²) in [7, 11) is 0. The quantitative estimate of drug-likeness (QED) is 0.0941. The molecule has 0 radical (unpaired) electrons. The third-order valence-electron chi connectivity index (χ3n) is 5.86.